The van der Waals surface area contributed by atoms with Crippen LogP contribution in [0.4, 0.5) is 13.2 Å². The van der Waals surface area contributed by atoms with Crippen molar-refractivity contribution in [1.29, 1.82) is 0 Å². The third kappa shape index (κ3) is 7.47. The second kappa shape index (κ2) is 6.82. The number of hydrogen-bond donors (Lipinski definition) is 2. The molecule has 9 heteroatoms. The van der Waals surface area contributed by atoms with Gasteiger partial charge < -0.3 is 15.3 Å². The van der Waals surface area contributed by atoms with Crippen molar-refractivity contribution in [2.24, 2.45) is 0 Å². The first kappa shape index (κ1) is 16.2. The van der Waals surface area contributed by atoms with Gasteiger partial charge in [-0.3, -0.25) is 14.4 Å². The van der Waals surface area contributed by atoms with E-state index in [-0.39, 0.29) is 6.54 Å². The Morgan fingerprint density at radius 1 is 1.28 bits per heavy atom. The number of alkyl halides is 3. The van der Waals surface area contributed by atoms with Gasteiger partial charge in [0.15, 0.2) is 0 Å². The summed E-state index contributed by atoms with van der Waals surface area (Å²) in [6.07, 6.45) is -5.36. The van der Waals surface area contributed by atoms with Crippen LogP contribution < -0.4 is 5.32 Å². The van der Waals surface area contributed by atoms with E-state index in [4.69, 9.17) is 5.11 Å². The molecular formula is C9H13F3N2O4. The first-order valence-corrected chi connectivity index (χ1v) is 4.98. The molecule has 0 atom stereocenters. The fourth-order valence-corrected chi connectivity index (χ4v) is 1.05. The predicted molar refractivity (Wildman–Crippen MR) is 53.6 cm³/mol. The standard InChI is InChI=1S/C9H13F3N2O4/c1-2-14(4-8(17)18)7(16)3-6(15)13-5-9(10,11)12/h2-5H2,1H3,(H,13,15)(H,17,18). The third-order valence-corrected chi connectivity index (χ3v) is 1.86. The molecule has 0 aliphatic carbocycles. The maximum Gasteiger partial charge on any atom is 0.405 e. The van der Waals surface area contributed by atoms with Crippen molar-refractivity contribution in [3.63, 3.8) is 0 Å². The van der Waals surface area contributed by atoms with Crippen molar-refractivity contribution >= 4 is 17.8 Å². The van der Waals surface area contributed by atoms with Gasteiger partial charge in [0.25, 0.3) is 0 Å². The van der Waals surface area contributed by atoms with Gasteiger partial charge in [0, 0.05) is 6.54 Å². The van der Waals surface area contributed by atoms with Crippen LogP contribution in [0.3, 0.4) is 0 Å². The topological polar surface area (TPSA) is 86.7 Å². The number of carbonyl (C=O) groups excluding carboxylic acids is 2. The van der Waals surface area contributed by atoms with Crippen LogP contribution in [0, 0.1) is 0 Å². The van der Waals surface area contributed by atoms with Crippen LogP contribution >= 0.6 is 0 Å². The Morgan fingerprint density at radius 2 is 1.83 bits per heavy atom. The molecule has 0 saturated carbocycles. The smallest absolute Gasteiger partial charge is 0.405 e. The van der Waals surface area contributed by atoms with E-state index in [1.165, 1.54) is 12.2 Å². The van der Waals surface area contributed by atoms with E-state index in [1.54, 1.807) is 0 Å². The number of halogens is 3. The summed E-state index contributed by atoms with van der Waals surface area (Å²) in [5.74, 6) is -3.19. The molecule has 0 radical (unpaired) electrons. The lowest BCUT2D eigenvalue weighted by Crippen LogP contribution is -2.40. The van der Waals surface area contributed by atoms with Crippen LogP contribution in [0.5, 0.6) is 0 Å². The number of carboxylic acid groups (broad SMARTS) is 1. The predicted octanol–water partition coefficient (Wildman–Crippen LogP) is -0.0119. The lowest BCUT2D eigenvalue weighted by atomic mass is 10.3. The summed E-state index contributed by atoms with van der Waals surface area (Å²) < 4.78 is 35.3. The van der Waals surface area contributed by atoms with Gasteiger partial charge in [-0.15, -0.1) is 0 Å². The molecule has 2 amide bonds. The van der Waals surface area contributed by atoms with Gasteiger partial charge in [0.1, 0.15) is 19.5 Å². The monoisotopic (exact) mass is 270 g/mol. The van der Waals surface area contributed by atoms with Crippen LogP contribution in [-0.2, 0) is 14.4 Å². The number of amides is 2. The van der Waals surface area contributed by atoms with Gasteiger partial charge in [-0.2, -0.15) is 13.2 Å². The van der Waals surface area contributed by atoms with E-state index in [1.807, 2.05) is 0 Å². The number of nitrogens with one attached hydrogen (secondary N) is 1. The normalized spacial score (nSPS) is 10.9. The number of rotatable bonds is 6. The average Bonchev–Trinajstić information content (AvgIpc) is 2.21. The van der Waals surface area contributed by atoms with E-state index in [0.29, 0.717) is 0 Å². The summed E-state index contributed by atoms with van der Waals surface area (Å²) in [5, 5.41) is 9.99. The summed E-state index contributed by atoms with van der Waals surface area (Å²) >= 11 is 0. The zero-order valence-electron chi connectivity index (χ0n) is 9.58. The Morgan fingerprint density at radius 3 is 2.22 bits per heavy atom. The van der Waals surface area contributed by atoms with Crippen LogP contribution in [0.1, 0.15) is 13.3 Å². The fraction of sp³-hybridized carbons (Fsp3) is 0.667. The Hall–Kier alpha value is -1.80. The Kier molecular flexibility index (Phi) is 6.14. The largest absolute Gasteiger partial charge is 0.480 e. The maximum atomic E-state index is 11.8. The van der Waals surface area contributed by atoms with E-state index >= 15 is 0 Å². The van der Waals surface area contributed by atoms with Gasteiger partial charge in [-0.1, -0.05) is 0 Å². The Labute approximate surface area is 101 Å². The Balaban J connectivity index is 4.20. The lowest BCUT2D eigenvalue weighted by Gasteiger charge is -2.18. The molecule has 0 spiro atoms. The zero-order valence-corrected chi connectivity index (χ0v) is 9.58. The highest BCUT2D eigenvalue weighted by Crippen LogP contribution is 2.12. The van der Waals surface area contributed by atoms with Crippen LogP contribution in [0.15, 0.2) is 0 Å². The number of aliphatic carboxylic acids is 1. The molecule has 0 saturated heterocycles. The minimum absolute atomic E-state index is 0.0533. The Bertz CT molecular complexity index is 330. The van der Waals surface area contributed by atoms with Gasteiger partial charge >= 0.3 is 12.1 Å². The molecule has 0 aromatic carbocycles. The number of hydrogen-bond acceptors (Lipinski definition) is 3. The fourth-order valence-electron chi connectivity index (χ4n) is 1.05. The summed E-state index contributed by atoms with van der Waals surface area (Å²) in [6, 6.07) is 0. The number of likely N-dealkylation sites (N-methyl/N-ethyl adjacent to an activating group) is 1. The second-order valence-corrected chi connectivity index (χ2v) is 3.37. The van der Waals surface area contributed by atoms with E-state index in [2.05, 4.69) is 0 Å². The first-order chi connectivity index (χ1) is 8.15. The van der Waals surface area contributed by atoms with Crippen molar-refractivity contribution in [3.8, 4) is 0 Å². The van der Waals surface area contributed by atoms with Crippen molar-refractivity contribution in [3.05, 3.63) is 0 Å². The van der Waals surface area contributed by atoms with E-state index < -0.39 is 43.5 Å². The minimum Gasteiger partial charge on any atom is -0.480 e. The molecule has 0 aromatic heterocycles. The SMILES string of the molecule is CCN(CC(=O)O)C(=O)CC(=O)NCC(F)(F)F. The quantitative estimate of drug-likeness (QED) is 0.664. The van der Waals surface area contributed by atoms with Gasteiger partial charge in [0.2, 0.25) is 11.8 Å². The molecule has 0 aliphatic heterocycles. The summed E-state index contributed by atoms with van der Waals surface area (Å²) in [6.45, 7) is -0.571. The number of carboxylic acids is 1. The molecule has 0 rings (SSSR count). The number of nitrogens with zero attached hydrogens (tertiary/aromatic N) is 1. The molecular weight excluding hydrogens is 257 g/mol. The highest BCUT2D eigenvalue weighted by molar-refractivity contribution is 5.97. The molecule has 0 heterocycles. The van der Waals surface area contributed by atoms with Gasteiger partial charge in [0.05, 0.1) is 0 Å². The molecule has 0 bridgehead atoms. The van der Waals surface area contributed by atoms with E-state index in [9.17, 15) is 27.6 Å². The molecule has 6 nitrogen and oxygen atoms in total. The highest BCUT2D eigenvalue weighted by Gasteiger charge is 2.28. The lowest BCUT2D eigenvalue weighted by molar-refractivity contribution is -0.147. The second-order valence-electron chi connectivity index (χ2n) is 3.37. The summed E-state index contributed by atoms with van der Waals surface area (Å²) in [5.41, 5.74) is 0. The van der Waals surface area contributed by atoms with Crippen molar-refractivity contribution in [1.82, 2.24) is 10.2 Å². The van der Waals surface area contributed by atoms with Gasteiger partial charge in [-0.05, 0) is 6.92 Å². The molecule has 0 unspecified atom stereocenters. The van der Waals surface area contributed by atoms with Crippen molar-refractivity contribution < 1.29 is 32.7 Å². The zero-order chi connectivity index (χ0) is 14.3. The summed E-state index contributed by atoms with van der Waals surface area (Å²) in [4.78, 5) is 33.6. The maximum absolute atomic E-state index is 11.8. The average molecular weight is 270 g/mol. The van der Waals surface area contributed by atoms with E-state index in [0.717, 1.165) is 4.90 Å². The van der Waals surface area contributed by atoms with Crippen LogP contribution in [0.2, 0.25) is 0 Å². The molecule has 2 N–H and O–H groups in total. The first-order valence-electron chi connectivity index (χ1n) is 4.98. The molecule has 0 aliphatic rings. The molecule has 0 aromatic rings. The number of carbonyl (C=O) groups is 3. The highest BCUT2D eigenvalue weighted by atomic mass is 19.4. The van der Waals surface area contributed by atoms with Crippen LogP contribution in [0.25, 0.3) is 0 Å². The summed E-state index contributed by atoms with van der Waals surface area (Å²) in [7, 11) is 0. The minimum atomic E-state index is -4.55. The van der Waals surface area contributed by atoms with Crippen molar-refractivity contribution in [2.45, 2.75) is 19.5 Å². The molecule has 0 fully saturated rings. The van der Waals surface area contributed by atoms with Crippen LogP contribution in [-0.4, -0.2) is 53.6 Å². The van der Waals surface area contributed by atoms with Crippen molar-refractivity contribution in [2.75, 3.05) is 19.6 Å². The molecule has 104 valence electrons. The van der Waals surface area contributed by atoms with Gasteiger partial charge in [-0.25, -0.2) is 0 Å². The third-order valence-electron chi connectivity index (χ3n) is 1.86. The molecule has 18 heavy (non-hydrogen) atoms.